The highest BCUT2D eigenvalue weighted by Crippen LogP contribution is 2.29. The van der Waals surface area contributed by atoms with Gasteiger partial charge in [-0.2, -0.15) is 13.2 Å². The summed E-state index contributed by atoms with van der Waals surface area (Å²) in [5, 5.41) is 10.8. The minimum absolute atomic E-state index is 0.0202. The van der Waals surface area contributed by atoms with Gasteiger partial charge in [-0.3, -0.25) is 9.20 Å². The molecule has 0 unspecified atom stereocenters. The third kappa shape index (κ3) is 3.46. The van der Waals surface area contributed by atoms with E-state index in [0.29, 0.717) is 22.6 Å². The van der Waals surface area contributed by atoms with Crippen LogP contribution in [0.25, 0.3) is 17.0 Å². The van der Waals surface area contributed by atoms with E-state index in [0.717, 1.165) is 17.7 Å². The molecule has 6 nitrogen and oxygen atoms in total. The maximum Gasteiger partial charge on any atom is 0.416 e. The number of rotatable bonds is 4. The van der Waals surface area contributed by atoms with Crippen molar-refractivity contribution in [2.45, 2.75) is 12.7 Å². The number of aromatic amines is 1. The molecule has 1 amide bonds. The Hall–Kier alpha value is -3.62. The van der Waals surface area contributed by atoms with E-state index < -0.39 is 17.6 Å². The lowest BCUT2D eigenvalue weighted by Crippen LogP contribution is -2.23. The average Bonchev–Trinajstić information content (AvgIpc) is 3.34. The van der Waals surface area contributed by atoms with Gasteiger partial charge in [0, 0.05) is 30.7 Å². The van der Waals surface area contributed by atoms with Crippen LogP contribution in [0.15, 0.2) is 61.1 Å². The van der Waals surface area contributed by atoms with Gasteiger partial charge in [0.1, 0.15) is 0 Å². The topological polar surface area (TPSA) is 75.1 Å². The number of pyridine rings is 1. The molecule has 3 heterocycles. The van der Waals surface area contributed by atoms with Crippen LogP contribution in [0.5, 0.6) is 0 Å². The quantitative estimate of drug-likeness (QED) is 0.563. The number of fused-ring (bicyclic) bond motifs is 1. The van der Waals surface area contributed by atoms with Crippen molar-refractivity contribution in [3.05, 3.63) is 77.7 Å². The molecule has 28 heavy (non-hydrogen) atoms. The Morgan fingerprint density at radius 1 is 1.14 bits per heavy atom. The van der Waals surface area contributed by atoms with Crippen molar-refractivity contribution in [1.82, 2.24) is 24.9 Å². The van der Waals surface area contributed by atoms with Gasteiger partial charge in [-0.05, 0) is 35.9 Å². The van der Waals surface area contributed by atoms with E-state index in [1.165, 1.54) is 12.1 Å². The highest BCUT2D eigenvalue weighted by molar-refractivity contribution is 5.94. The molecular formula is C19H14F3N5O. The van der Waals surface area contributed by atoms with Gasteiger partial charge in [-0.1, -0.05) is 12.1 Å². The van der Waals surface area contributed by atoms with Gasteiger partial charge < -0.3 is 10.3 Å². The molecule has 0 spiro atoms. The molecule has 2 N–H and O–H groups in total. The normalized spacial score (nSPS) is 11.7. The Balaban J connectivity index is 1.54. The van der Waals surface area contributed by atoms with E-state index in [-0.39, 0.29) is 6.54 Å². The molecule has 0 saturated carbocycles. The van der Waals surface area contributed by atoms with E-state index in [1.807, 2.05) is 6.07 Å². The monoisotopic (exact) mass is 385 g/mol. The van der Waals surface area contributed by atoms with Crippen LogP contribution in [0.1, 0.15) is 21.5 Å². The Bertz CT molecular complexity index is 1130. The molecule has 4 rings (SSSR count). The summed E-state index contributed by atoms with van der Waals surface area (Å²) in [4.78, 5) is 15.4. The molecular weight excluding hydrogens is 371 g/mol. The van der Waals surface area contributed by atoms with Crippen LogP contribution in [-0.2, 0) is 12.7 Å². The van der Waals surface area contributed by atoms with Crippen molar-refractivity contribution in [2.75, 3.05) is 0 Å². The Labute approximate surface area is 157 Å². The molecule has 4 aromatic rings. The number of benzene rings is 1. The zero-order valence-electron chi connectivity index (χ0n) is 14.4. The van der Waals surface area contributed by atoms with E-state index in [4.69, 9.17) is 0 Å². The second kappa shape index (κ2) is 6.84. The molecule has 0 atom stereocenters. The maximum atomic E-state index is 12.8. The number of nitrogens with one attached hydrogen (secondary N) is 2. The zero-order chi connectivity index (χ0) is 19.7. The molecule has 0 aliphatic heterocycles. The van der Waals surface area contributed by atoms with E-state index in [9.17, 15) is 18.0 Å². The van der Waals surface area contributed by atoms with Crippen LogP contribution >= 0.6 is 0 Å². The van der Waals surface area contributed by atoms with Gasteiger partial charge in [0.05, 0.1) is 11.1 Å². The van der Waals surface area contributed by atoms with Gasteiger partial charge >= 0.3 is 6.18 Å². The first-order valence-electron chi connectivity index (χ1n) is 8.34. The molecule has 0 aliphatic carbocycles. The molecule has 3 aromatic heterocycles. The van der Waals surface area contributed by atoms with Gasteiger partial charge in [0.25, 0.3) is 5.91 Å². The third-order valence-electron chi connectivity index (χ3n) is 4.23. The molecule has 142 valence electrons. The number of H-pyrrole nitrogens is 1. The summed E-state index contributed by atoms with van der Waals surface area (Å²) in [5.41, 5.74) is 1.35. The number of halogens is 3. The first kappa shape index (κ1) is 17.8. The van der Waals surface area contributed by atoms with Crippen LogP contribution in [0, 0.1) is 0 Å². The molecule has 0 aliphatic rings. The van der Waals surface area contributed by atoms with Crippen LogP contribution in [0.4, 0.5) is 13.2 Å². The van der Waals surface area contributed by atoms with Crippen LogP contribution in [0.3, 0.4) is 0 Å². The Morgan fingerprint density at radius 2 is 2.00 bits per heavy atom. The first-order valence-corrected chi connectivity index (χ1v) is 8.34. The lowest BCUT2D eigenvalue weighted by molar-refractivity contribution is -0.137. The molecule has 0 saturated heterocycles. The summed E-state index contributed by atoms with van der Waals surface area (Å²) >= 11 is 0. The third-order valence-corrected chi connectivity index (χ3v) is 4.23. The Kier molecular flexibility index (Phi) is 4.34. The number of amides is 1. The molecule has 1 aromatic carbocycles. The van der Waals surface area contributed by atoms with Crippen molar-refractivity contribution in [2.24, 2.45) is 0 Å². The van der Waals surface area contributed by atoms with Crippen molar-refractivity contribution in [3.63, 3.8) is 0 Å². The number of carbonyl (C=O) groups is 1. The van der Waals surface area contributed by atoms with E-state index in [2.05, 4.69) is 20.5 Å². The maximum absolute atomic E-state index is 12.8. The Morgan fingerprint density at radius 3 is 2.75 bits per heavy atom. The van der Waals surface area contributed by atoms with Crippen LogP contribution in [0.2, 0.25) is 0 Å². The number of nitrogens with zero attached hydrogens (tertiary/aromatic N) is 3. The number of alkyl halides is 3. The summed E-state index contributed by atoms with van der Waals surface area (Å²) in [5.74, 6) is 0.164. The molecule has 0 radical (unpaired) electrons. The zero-order valence-corrected chi connectivity index (χ0v) is 14.4. The first-order chi connectivity index (χ1) is 13.4. The van der Waals surface area contributed by atoms with E-state index >= 15 is 0 Å². The largest absolute Gasteiger partial charge is 0.416 e. The number of aromatic nitrogens is 4. The fourth-order valence-electron chi connectivity index (χ4n) is 2.83. The standard InChI is InChI=1S/C19H14F3N5O/c20-19(21,22)15-3-1-2-12(8-15)9-24-18(28)14-4-5-16-25-26-17(27(16)11-14)13-6-7-23-10-13/h1-8,10-11,23H,9H2,(H,24,28). The van der Waals surface area contributed by atoms with Crippen molar-refractivity contribution in [3.8, 4) is 11.4 Å². The average molecular weight is 385 g/mol. The number of hydrogen-bond donors (Lipinski definition) is 2. The smallest absolute Gasteiger partial charge is 0.367 e. The van der Waals surface area contributed by atoms with Crippen LogP contribution < -0.4 is 5.32 Å². The SMILES string of the molecule is O=C(NCc1cccc(C(F)(F)F)c1)c1ccc2nnc(-c3cc[nH]c3)n2c1. The lowest BCUT2D eigenvalue weighted by Gasteiger charge is -2.10. The summed E-state index contributed by atoms with van der Waals surface area (Å²) in [7, 11) is 0. The predicted octanol–water partition coefficient (Wildman–Crippen LogP) is 3.67. The fourth-order valence-corrected chi connectivity index (χ4v) is 2.83. The number of hydrogen-bond acceptors (Lipinski definition) is 3. The minimum atomic E-state index is -4.42. The lowest BCUT2D eigenvalue weighted by atomic mass is 10.1. The summed E-state index contributed by atoms with van der Waals surface area (Å²) in [6.45, 7) is -0.0202. The molecule has 0 fully saturated rings. The molecule has 0 bridgehead atoms. The van der Waals surface area contributed by atoms with Crippen molar-refractivity contribution < 1.29 is 18.0 Å². The van der Waals surface area contributed by atoms with Crippen LogP contribution in [-0.4, -0.2) is 25.5 Å². The molecule has 9 heteroatoms. The second-order valence-corrected chi connectivity index (χ2v) is 6.15. The second-order valence-electron chi connectivity index (χ2n) is 6.15. The van der Waals surface area contributed by atoms with Gasteiger partial charge in [-0.15, -0.1) is 10.2 Å². The highest BCUT2D eigenvalue weighted by Gasteiger charge is 2.30. The van der Waals surface area contributed by atoms with Gasteiger partial charge in [0.15, 0.2) is 11.5 Å². The minimum Gasteiger partial charge on any atom is -0.367 e. The van der Waals surface area contributed by atoms with Crippen molar-refractivity contribution in [1.29, 1.82) is 0 Å². The summed E-state index contributed by atoms with van der Waals surface area (Å²) in [6, 6.07) is 9.94. The predicted molar refractivity (Wildman–Crippen MR) is 95.4 cm³/mol. The summed E-state index contributed by atoms with van der Waals surface area (Å²) in [6.07, 6.45) is 0.687. The summed E-state index contributed by atoms with van der Waals surface area (Å²) < 4.78 is 40.1. The fraction of sp³-hybridized carbons (Fsp3) is 0.105. The van der Waals surface area contributed by atoms with E-state index in [1.54, 1.807) is 35.1 Å². The van der Waals surface area contributed by atoms with Crippen molar-refractivity contribution >= 4 is 11.6 Å². The highest BCUT2D eigenvalue weighted by atomic mass is 19.4. The van der Waals surface area contributed by atoms with Gasteiger partial charge in [0.2, 0.25) is 0 Å². The number of carbonyl (C=O) groups excluding carboxylic acids is 1. The van der Waals surface area contributed by atoms with Gasteiger partial charge in [-0.25, -0.2) is 0 Å².